The first kappa shape index (κ1) is 17.8. The minimum Gasteiger partial charge on any atom is -0.497 e. The zero-order valence-corrected chi connectivity index (χ0v) is 15.1. The van der Waals surface area contributed by atoms with Crippen molar-refractivity contribution in [3.63, 3.8) is 0 Å². The van der Waals surface area contributed by atoms with Crippen LogP contribution in [0.4, 0.5) is 0 Å². The number of methoxy groups -OCH3 is 1. The van der Waals surface area contributed by atoms with Crippen LogP contribution in [-0.4, -0.2) is 39.3 Å². The molecule has 0 saturated carbocycles. The van der Waals surface area contributed by atoms with Gasteiger partial charge in [-0.3, -0.25) is 19.4 Å². The van der Waals surface area contributed by atoms with Crippen LogP contribution in [-0.2, 0) is 17.8 Å². The number of nitrogens with one attached hydrogen (secondary N) is 2. The van der Waals surface area contributed by atoms with Gasteiger partial charge in [0.1, 0.15) is 12.3 Å². The molecule has 134 valence electrons. The van der Waals surface area contributed by atoms with Crippen molar-refractivity contribution in [3.05, 3.63) is 59.1 Å². The predicted octanol–water partition coefficient (Wildman–Crippen LogP) is 2.37. The second-order valence-electron chi connectivity index (χ2n) is 5.59. The summed E-state index contributed by atoms with van der Waals surface area (Å²) in [7, 11) is 1.61. The number of amides is 1. The molecule has 2 N–H and O–H groups in total. The van der Waals surface area contributed by atoms with Crippen LogP contribution >= 0.6 is 12.2 Å². The Morgan fingerprint density at radius 1 is 1.27 bits per heavy atom. The van der Waals surface area contributed by atoms with Crippen molar-refractivity contribution in [2.45, 2.75) is 13.0 Å². The van der Waals surface area contributed by atoms with Gasteiger partial charge in [-0.2, -0.15) is 5.10 Å². The molecule has 0 fully saturated rings. The summed E-state index contributed by atoms with van der Waals surface area (Å²) < 4.78 is 7.23. The second kappa shape index (κ2) is 8.39. The predicted molar refractivity (Wildman–Crippen MR) is 100 cm³/mol. The van der Waals surface area contributed by atoms with Crippen LogP contribution in [0, 0.1) is 4.77 Å². The van der Waals surface area contributed by atoms with Crippen LogP contribution in [0.5, 0.6) is 5.75 Å². The lowest BCUT2D eigenvalue weighted by Gasteiger charge is -2.08. The van der Waals surface area contributed by atoms with E-state index in [0.29, 0.717) is 23.6 Å². The maximum Gasteiger partial charge on any atom is 0.240 e. The first-order valence-corrected chi connectivity index (χ1v) is 8.54. The highest BCUT2D eigenvalue weighted by atomic mass is 32.1. The summed E-state index contributed by atoms with van der Waals surface area (Å²) in [5.74, 6) is 1.23. The lowest BCUT2D eigenvalue weighted by Crippen LogP contribution is -2.29. The Morgan fingerprint density at radius 2 is 2.08 bits per heavy atom. The van der Waals surface area contributed by atoms with Crippen molar-refractivity contribution in [2.24, 2.45) is 0 Å². The van der Waals surface area contributed by atoms with E-state index in [9.17, 15) is 4.79 Å². The third kappa shape index (κ3) is 4.34. The monoisotopic (exact) mass is 369 g/mol. The van der Waals surface area contributed by atoms with Crippen molar-refractivity contribution in [3.8, 4) is 17.1 Å². The highest BCUT2D eigenvalue weighted by molar-refractivity contribution is 7.71. The Labute approximate surface area is 156 Å². The number of carbonyl (C=O) groups excluding carboxylic acids is 1. The van der Waals surface area contributed by atoms with Crippen LogP contribution < -0.4 is 10.1 Å². The Morgan fingerprint density at radius 3 is 2.77 bits per heavy atom. The Bertz CT molecular complexity index is 919. The number of rotatable bonds is 7. The molecular formula is C18H19N5O2S. The third-order valence-electron chi connectivity index (χ3n) is 3.84. The van der Waals surface area contributed by atoms with E-state index in [1.165, 1.54) is 0 Å². The molecule has 0 atom stereocenters. The van der Waals surface area contributed by atoms with Gasteiger partial charge >= 0.3 is 0 Å². The van der Waals surface area contributed by atoms with Gasteiger partial charge in [-0.15, -0.1) is 0 Å². The van der Waals surface area contributed by atoms with E-state index in [-0.39, 0.29) is 12.5 Å². The molecule has 8 heteroatoms. The van der Waals surface area contributed by atoms with Gasteiger partial charge in [0.25, 0.3) is 0 Å². The van der Waals surface area contributed by atoms with Crippen molar-refractivity contribution in [2.75, 3.05) is 13.7 Å². The van der Waals surface area contributed by atoms with E-state index in [0.717, 1.165) is 17.0 Å². The molecule has 7 nitrogen and oxygen atoms in total. The molecule has 0 radical (unpaired) electrons. The number of H-pyrrole nitrogens is 1. The first-order valence-electron chi connectivity index (χ1n) is 8.13. The number of ether oxygens (including phenoxy) is 1. The van der Waals surface area contributed by atoms with Crippen LogP contribution in [0.15, 0.2) is 48.7 Å². The summed E-state index contributed by atoms with van der Waals surface area (Å²) in [6.45, 7) is 0.609. The van der Waals surface area contributed by atoms with Gasteiger partial charge in [-0.25, -0.2) is 0 Å². The minimum atomic E-state index is -0.131. The lowest BCUT2D eigenvalue weighted by atomic mass is 10.2. The van der Waals surface area contributed by atoms with E-state index in [1.54, 1.807) is 17.9 Å². The summed E-state index contributed by atoms with van der Waals surface area (Å²) in [4.78, 5) is 16.5. The third-order valence-corrected chi connectivity index (χ3v) is 4.15. The van der Waals surface area contributed by atoms with Gasteiger partial charge in [0.05, 0.1) is 7.11 Å². The molecule has 0 bridgehead atoms. The molecule has 3 aromatic rings. The van der Waals surface area contributed by atoms with E-state index in [4.69, 9.17) is 17.0 Å². The van der Waals surface area contributed by atoms with Gasteiger partial charge in [-0.1, -0.05) is 6.07 Å². The highest BCUT2D eigenvalue weighted by Gasteiger charge is 2.12. The van der Waals surface area contributed by atoms with E-state index in [1.807, 2.05) is 42.5 Å². The van der Waals surface area contributed by atoms with Crippen LogP contribution in [0.25, 0.3) is 11.4 Å². The maximum atomic E-state index is 12.3. The molecule has 0 aliphatic heterocycles. The molecule has 1 amide bonds. The van der Waals surface area contributed by atoms with Crippen LogP contribution in [0.1, 0.15) is 5.69 Å². The van der Waals surface area contributed by atoms with E-state index in [2.05, 4.69) is 20.5 Å². The molecule has 0 aliphatic carbocycles. The highest BCUT2D eigenvalue weighted by Crippen LogP contribution is 2.20. The lowest BCUT2D eigenvalue weighted by molar-refractivity contribution is -0.121. The van der Waals surface area contributed by atoms with Gasteiger partial charge in [0.2, 0.25) is 5.91 Å². The largest absolute Gasteiger partial charge is 0.497 e. The Balaban J connectivity index is 1.64. The molecule has 26 heavy (non-hydrogen) atoms. The zero-order chi connectivity index (χ0) is 18.4. The number of carbonyl (C=O) groups is 1. The molecular weight excluding hydrogens is 350 g/mol. The molecule has 2 heterocycles. The van der Waals surface area contributed by atoms with Crippen molar-refractivity contribution >= 4 is 18.1 Å². The molecule has 0 saturated heterocycles. The van der Waals surface area contributed by atoms with Gasteiger partial charge < -0.3 is 10.1 Å². The van der Waals surface area contributed by atoms with E-state index >= 15 is 0 Å². The number of aromatic nitrogens is 4. The van der Waals surface area contributed by atoms with Crippen LogP contribution in [0.2, 0.25) is 0 Å². The maximum absolute atomic E-state index is 12.3. The topological polar surface area (TPSA) is 84.8 Å². The first-order chi connectivity index (χ1) is 12.7. The molecule has 0 unspecified atom stereocenters. The Hall–Kier alpha value is -3.00. The van der Waals surface area contributed by atoms with Gasteiger partial charge in [0, 0.05) is 30.4 Å². The number of benzene rings is 1. The molecule has 0 aliphatic rings. The molecule has 1 aromatic carbocycles. The fourth-order valence-corrected chi connectivity index (χ4v) is 2.70. The average Bonchev–Trinajstić information content (AvgIpc) is 3.03. The smallest absolute Gasteiger partial charge is 0.240 e. The van der Waals surface area contributed by atoms with Gasteiger partial charge in [-0.05, 0) is 48.6 Å². The molecule has 0 spiro atoms. The standard InChI is InChI=1S/C18H19N5O2S/c1-25-15-7-5-13(6-8-15)17-21-22-18(26)23(17)12-16(24)20-11-9-14-4-2-3-10-19-14/h2-8,10H,9,11-12H2,1H3,(H,20,24)(H,22,26). The summed E-state index contributed by atoms with van der Waals surface area (Å²) in [5, 5.41) is 9.87. The fraction of sp³-hybridized carbons (Fsp3) is 0.222. The summed E-state index contributed by atoms with van der Waals surface area (Å²) in [6, 6.07) is 13.1. The minimum absolute atomic E-state index is 0.0961. The van der Waals surface area contributed by atoms with E-state index < -0.39 is 0 Å². The SMILES string of the molecule is COc1ccc(-c2n[nH]c(=S)n2CC(=O)NCCc2ccccn2)cc1. The molecule has 2 aromatic heterocycles. The number of aromatic amines is 1. The normalized spacial score (nSPS) is 10.5. The van der Waals surface area contributed by atoms with Crippen molar-refractivity contribution in [1.82, 2.24) is 25.1 Å². The number of nitrogens with zero attached hydrogens (tertiary/aromatic N) is 3. The average molecular weight is 369 g/mol. The number of pyridine rings is 1. The summed E-state index contributed by atoms with van der Waals surface area (Å²) in [6.07, 6.45) is 2.41. The number of hydrogen-bond donors (Lipinski definition) is 2. The number of hydrogen-bond acceptors (Lipinski definition) is 5. The quantitative estimate of drug-likeness (QED) is 0.625. The summed E-state index contributed by atoms with van der Waals surface area (Å²) in [5.41, 5.74) is 1.78. The zero-order valence-electron chi connectivity index (χ0n) is 14.3. The van der Waals surface area contributed by atoms with Crippen molar-refractivity contribution < 1.29 is 9.53 Å². The second-order valence-corrected chi connectivity index (χ2v) is 5.97. The van der Waals surface area contributed by atoms with Crippen LogP contribution in [0.3, 0.4) is 0 Å². The van der Waals surface area contributed by atoms with Gasteiger partial charge in [0.15, 0.2) is 10.6 Å². The Kier molecular flexibility index (Phi) is 5.75. The fourth-order valence-electron chi connectivity index (χ4n) is 2.50. The molecule has 3 rings (SSSR count). The van der Waals surface area contributed by atoms with Crippen molar-refractivity contribution in [1.29, 1.82) is 0 Å². The summed E-state index contributed by atoms with van der Waals surface area (Å²) >= 11 is 5.26.